The average Bonchev–Trinajstić information content (AvgIpc) is 2.67. The van der Waals surface area contributed by atoms with Crippen LogP contribution in [0.15, 0.2) is 4.42 Å². The maximum absolute atomic E-state index is 5.49. The lowest BCUT2D eigenvalue weighted by Crippen LogP contribution is -2.13. The second-order valence-corrected chi connectivity index (χ2v) is 3.72. The fraction of sp³-hybridized carbons (Fsp3) is 0.818. The summed E-state index contributed by atoms with van der Waals surface area (Å²) in [4.78, 5) is 0. The molecule has 1 heterocycles. The summed E-state index contributed by atoms with van der Waals surface area (Å²) in [6.07, 6.45) is 5.62. The SMILES string of the molecule is CCCCCc1nnc(CNCCC)o1. The van der Waals surface area contributed by atoms with Gasteiger partial charge in [-0.1, -0.05) is 26.7 Å². The molecule has 4 heteroatoms. The van der Waals surface area contributed by atoms with Crippen LogP contribution in [0.5, 0.6) is 0 Å². The van der Waals surface area contributed by atoms with Gasteiger partial charge in [0, 0.05) is 6.42 Å². The van der Waals surface area contributed by atoms with Crippen molar-refractivity contribution in [3.05, 3.63) is 11.8 Å². The number of nitrogens with zero attached hydrogens (tertiary/aromatic N) is 2. The van der Waals surface area contributed by atoms with E-state index in [-0.39, 0.29) is 0 Å². The highest BCUT2D eigenvalue weighted by Gasteiger charge is 2.04. The summed E-state index contributed by atoms with van der Waals surface area (Å²) in [6.45, 7) is 6.01. The number of nitrogens with one attached hydrogen (secondary N) is 1. The number of aromatic nitrogens is 2. The summed E-state index contributed by atoms with van der Waals surface area (Å²) < 4.78 is 5.49. The topological polar surface area (TPSA) is 51.0 Å². The standard InChI is InChI=1S/C11H21N3O/c1-3-5-6-7-10-13-14-11(15-10)9-12-8-4-2/h12H,3-9H2,1-2H3. The third kappa shape index (κ3) is 4.93. The largest absolute Gasteiger partial charge is 0.424 e. The van der Waals surface area contributed by atoms with E-state index in [1.54, 1.807) is 0 Å². The van der Waals surface area contributed by atoms with Crippen molar-refractivity contribution in [1.29, 1.82) is 0 Å². The highest BCUT2D eigenvalue weighted by atomic mass is 16.4. The minimum Gasteiger partial charge on any atom is -0.424 e. The van der Waals surface area contributed by atoms with Crippen molar-refractivity contribution < 1.29 is 4.42 Å². The molecule has 0 spiro atoms. The number of rotatable bonds is 8. The normalized spacial score (nSPS) is 10.8. The lowest BCUT2D eigenvalue weighted by atomic mass is 10.2. The molecular formula is C11H21N3O. The lowest BCUT2D eigenvalue weighted by Gasteiger charge is -1.96. The molecule has 0 unspecified atom stereocenters. The van der Waals surface area contributed by atoms with Crippen LogP contribution >= 0.6 is 0 Å². The summed E-state index contributed by atoms with van der Waals surface area (Å²) >= 11 is 0. The van der Waals surface area contributed by atoms with Crippen molar-refractivity contribution in [2.45, 2.75) is 52.5 Å². The molecule has 0 saturated heterocycles. The van der Waals surface area contributed by atoms with Gasteiger partial charge in [0.15, 0.2) is 0 Å². The molecule has 0 amide bonds. The summed E-state index contributed by atoms with van der Waals surface area (Å²) in [5, 5.41) is 11.2. The summed E-state index contributed by atoms with van der Waals surface area (Å²) in [5.41, 5.74) is 0. The Balaban J connectivity index is 2.23. The molecule has 0 radical (unpaired) electrons. The molecule has 0 fully saturated rings. The first-order chi connectivity index (χ1) is 7.36. The molecule has 0 aliphatic carbocycles. The molecular weight excluding hydrogens is 190 g/mol. The van der Waals surface area contributed by atoms with Crippen LogP contribution in [0.1, 0.15) is 51.3 Å². The number of hydrogen-bond acceptors (Lipinski definition) is 4. The Kier molecular flexibility index (Phi) is 6.00. The second-order valence-electron chi connectivity index (χ2n) is 3.72. The molecule has 0 atom stereocenters. The van der Waals surface area contributed by atoms with Crippen LogP contribution in [-0.4, -0.2) is 16.7 Å². The van der Waals surface area contributed by atoms with Crippen molar-refractivity contribution in [2.24, 2.45) is 0 Å². The number of hydrogen-bond donors (Lipinski definition) is 1. The Hall–Kier alpha value is -0.900. The van der Waals surface area contributed by atoms with Crippen molar-refractivity contribution in [1.82, 2.24) is 15.5 Å². The number of aryl methyl sites for hydroxylation is 1. The summed E-state index contributed by atoms with van der Waals surface area (Å²) in [6, 6.07) is 0. The monoisotopic (exact) mass is 211 g/mol. The van der Waals surface area contributed by atoms with Gasteiger partial charge in [-0.15, -0.1) is 10.2 Å². The highest BCUT2D eigenvalue weighted by molar-refractivity contribution is 4.81. The average molecular weight is 211 g/mol. The number of unbranched alkanes of at least 4 members (excludes halogenated alkanes) is 2. The first-order valence-corrected chi connectivity index (χ1v) is 5.88. The predicted octanol–water partition coefficient (Wildman–Crippen LogP) is 2.30. The Labute approximate surface area is 91.5 Å². The van der Waals surface area contributed by atoms with E-state index in [0.29, 0.717) is 12.4 Å². The Morgan fingerprint density at radius 3 is 2.60 bits per heavy atom. The molecule has 1 aromatic rings. The van der Waals surface area contributed by atoms with E-state index in [9.17, 15) is 0 Å². The van der Waals surface area contributed by atoms with Gasteiger partial charge in [0.1, 0.15) is 0 Å². The molecule has 0 aliphatic rings. The molecule has 86 valence electrons. The van der Waals surface area contributed by atoms with Crippen LogP contribution in [0.25, 0.3) is 0 Å². The zero-order valence-electron chi connectivity index (χ0n) is 9.75. The van der Waals surface area contributed by atoms with Gasteiger partial charge in [0.05, 0.1) is 6.54 Å². The molecule has 0 aromatic carbocycles. The van der Waals surface area contributed by atoms with Crippen molar-refractivity contribution in [3.63, 3.8) is 0 Å². The van der Waals surface area contributed by atoms with E-state index in [2.05, 4.69) is 29.4 Å². The van der Waals surface area contributed by atoms with E-state index in [4.69, 9.17) is 4.42 Å². The molecule has 0 bridgehead atoms. The zero-order valence-corrected chi connectivity index (χ0v) is 9.75. The van der Waals surface area contributed by atoms with Crippen LogP contribution in [0, 0.1) is 0 Å². The fourth-order valence-corrected chi connectivity index (χ4v) is 1.36. The highest BCUT2D eigenvalue weighted by Crippen LogP contribution is 2.05. The van der Waals surface area contributed by atoms with Crippen LogP contribution in [0.3, 0.4) is 0 Å². The van der Waals surface area contributed by atoms with Crippen LogP contribution in [-0.2, 0) is 13.0 Å². The minimum absolute atomic E-state index is 0.689. The van der Waals surface area contributed by atoms with E-state index in [0.717, 1.165) is 31.7 Å². The first kappa shape index (κ1) is 12.2. The second kappa shape index (κ2) is 7.40. The van der Waals surface area contributed by atoms with Crippen LogP contribution in [0.2, 0.25) is 0 Å². The Morgan fingerprint density at radius 2 is 1.87 bits per heavy atom. The van der Waals surface area contributed by atoms with Gasteiger partial charge in [-0.3, -0.25) is 0 Å². The molecule has 1 aromatic heterocycles. The molecule has 15 heavy (non-hydrogen) atoms. The van der Waals surface area contributed by atoms with Gasteiger partial charge in [0.25, 0.3) is 0 Å². The van der Waals surface area contributed by atoms with Gasteiger partial charge in [-0.2, -0.15) is 0 Å². The molecule has 1 N–H and O–H groups in total. The summed E-state index contributed by atoms with van der Waals surface area (Å²) in [7, 11) is 0. The van der Waals surface area contributed by atoms with Gasteiger partial charge >= 0.3 is 0 Å². The van der Waals surface area contributed by atoms with Crippen LogP contribution in [0.4, 0.5) is 0 Å². The lowest BCUT2D eigenvalue weighted by molar-refractivity contribution is 0.426. The third-order valence-electron chi connectivity index (χ3n) is 2.21. The van der Waals surface area contributed by atoms with Gasteiger partial charge < -0.3 is 9.73 Å². The van der Waals surface area contributed by atoms with Crippen molar-refractivity contribution in [3.8, 4) is 0 Å². The smallest absolute Gasteiger partial charge is 0.230 e. The quantitative estimate of drug-likeness (QED) is 0.670. The predicted molar refractivity (Wildman–Crippen MR) is 59.5 cm³/mol. The summed E-state index contributed by atoms with van der Waals surface area (Å²) in [5.74, 6) is 1.48. The van der Waals surface area contributed by atoms with Crippen LogP contribution < -0.4 is 5.32 Å². The van der Waals surface area contributed by atoms with E-state index >= 15 is 0 Å². The Morgan fingerprint density at radius 1 is 1.07 bits per heavy atom. The maximum atomic E-state index is 5.49. The van der Waals surface area contributed by atoms with E-state index in [1.807, 2.05) is 0 Å². The Bertz CT molecular complexity index is 236. The van der Waals surface area contributed by atoms with Crippen molar-refractivity contribution in [2.75, 3.05) is 6.54 Å². The molecule has 1 rings (SSSR count). The van der Waals surface area contributed by atoms with Gasteiger partial charge in [-0.25, -0.2) is 0 Å². The molecule has 4 nitrogen and oxygen atoms in total. The first-order valence-electron chi connectivity index (χ1n) is 5.88. The van der Waals surface area contributed by atoms with Crippen molar-refractivity contribution >= 4 is 0 Å². The van der Waals surface area contributed by atoms with Gasteiger partial charge in [0.2, 0.25) is 11.8 Å². The minimum atomic E-state index is 0.689. The fourth-order valence-electron chi connectivity index (χ4n) is 1.36. The van der Waals surface area contributed by atoms with E-state index < -0.39 is 0 Å². The zero-order chi connectivity index (χ0) is 10.9. The molecule has 0 saturated carbocycles. The maximum Gasteiger partial charge on any atom is 0.230 e. The molecule has 0 aliphatic heterocycles. The van der Waals surface area contributed by atoms with E-state index in [1.165, 1.54) is 12.8 Å². The third-order valence-corrected chi connectivity index (χ3v) is 2.21. The van der Waals surface area contributed by atoms with Gasteiger partial charge in [-0.05, 0) is 19.4 Å².